The molecule has 0 aliphatic carbocycles. The first-order valence-electron chi connectivity index (χ1n) is 11.4. The van der Waals surface area contributed by atoms with Crippen molar-refractivity contribution in [3.05, 3.63) is 90.0 Å². The quantitative estimate of drug-likeness (QED) is 0.560. The molecule has 1 saturated heterocycles. The fourth-order valence-corrected chi connectivity index (χ4v) is 5.04. The fourth-order valence-electron chi connectivity index (χ4n) is 5.04. The van der Waals surface area contributed by atoms with Crippen LogP contribution in [0.5, 0.6) is 17.2 Å². The second-order valence-electron chi connectivity index (χ2n) is 8.94. The maximum Gasteiger partial charge on any atom is 0.200 e. The lowest BCUT2D eigenvalue weighted by Gasteiger charge is -2.50. The van der Waals surface area contributed by atoms with Crippen LogP contribution in [0.2, 0.25) is 0 Å². The Bertz CT molecular complexity index is 1140. The van der Waals surface area contributed by atoms with Crippen LogP contribution in [0, 0.1) is 0 Å². The van der Waals surface area contributed by atoms with E-state index >= 15 is 0 Å². The maximum atomic E-state index is 6.66. The Morgan fingerprint density at radius 3 is 2.34 bits per heavy atom. The zero-order valence-electron chi connectivity index (χ0n) is 18.3. The Hall–Kier alpha value is -3.31. The zero-order chi connectivity index (χ0) is 21.5. The van der Waals surface area contributed by atoms with Crippen LogP contribution in [-0.4, -0.2) is 41.5 Å². The van der Waals surface area contributed by atoms with Crippen LogP contribution in [-0.2, 0) is 0 Å². The van der Waals surface area contributed by atoms with Gasteiger partial charge in [-0.1, -0.05) is 36.4 Å². The first-order chi connectivity index (χ1) is 15.7. The van der Waals surface area contributed by atoms with E-state index in [9.17, 15) is 0 Å². The molecule has 3 aromatic carbocycles. The van der Waals surface area contributed by atoms with Crippen molar-refractivity contribution in [2.24, 2.45) is 5.10 Å². The van der Waals surface area contributed by atoms with Crippen molar-refractivity contribution in [1.82, 2.24) is 9.91 Å². The largest absolute Gasteiger partial charge is 0.466 e. The summed E-state index contributed by atoms with van der Waals surface area (Å²) in [5.74, 6) is 2.69. The molecule has 0 amide bonds. The summed E-state index contributed by atoms with van der Waals surface area (Å²) in [7, 11) is 2.18. The monoisotopic (exact) mass is 425 g/mol. The molecule has 1 spiro atoms. The van der Waals surface area contributed by atoms with Crippen molar-refractivity contribution >= 4 is 5.71 Å². The number of hydrogen-bond donors (Lipinski definition) is 0. The van der Waals surface area contributed by atoms with E-state index in [4.69, 9.17) is 14.6 Å². The molecule has 3 aromatic rings. The maximum absolute atomic E-state index is 6.66. The lowest BCUT2D eigenvalue weighted by atomic mass is 9.91. The van der Waals surface area contributed by atoms with Crippen LogP contribution in [0.3, 0.4) is 0 Å². The molecule has 1 fully saturated rings. The molecule has 0 saturated carbocycles. The molecule has 32 heavy (non-hydrogen) atoms. The van der Waals surface area contributed by atoms with Gasteiger partial charge in [-0.15, -0.1) is 0 Å². The average Bonchev–Trinajstić information content (AvgIpc) is 3.29. The van der Waals surface area contributed by atoms with E-state index in [0.717, 1.165) is 60.9 Å². The third-order valence-electron chi connectivity index (χ3n) is 6.84. The Kier molecular flexibility index (Phi) is 4.65. The lowest BCUT2D eigenvalue weighted by molar-refractivity contribution is -0.147. The third kappa shape index (κ3) is 3.33. The number of hydrogen-bond acceptors (Lipinski definition) is 5. The van der Waals surface area contributed by atoms with Crippen molar-refractivity contribution in [3.8, 4) is 17.2 Å². The highest BCUT2D eigenvalue weighted by molar-refractivity contribution is 6.02. The highest BCUT2D eigenvalue weighted by Gasteiger charge is 2.51. The molecule has 3 aliphatic rings. The highest BCUT2D eigenvalue weighted by Crippen LogP contribution is 2.49. The summed E-state index contributed by atoms with van der Waals surface area (Å²) in [5, 5.41) is 7.43. The molecule has 3 heterocycles. The van der Waals surface area contributed by atoms with Gasteiger partial charge in [0.15, 0.2) is 0 Å². The van der Waals surface area contributed by atoms with E-state index < -0.39 is 0 Å². The van der Waals surface area contributed by atoms with Crippen molar-refractivity contribution in [1.29, 1.82) is 0 Å². The van der Waals surface area contributed by atoms with Gasteiger partial charge < -0.3 is 14.4 Å². The Morgan fingerprint density at radius 2 is 1.56 bits per heavy atom. The van der Waals surface area contributed by atoms with Gasteiger partial charge in [-0.25, -0.2) is 5.01 Å². The minimum absolute atomic E-state index is 0.221. The van der Waals surface area contributed by atoms with Crippen LogP contribution in [0.25, 0.3) is 0 Å². The van der Waals surface area contributed by atoms with Crippen LogP contribution >= 0.6 is 0 Å². The average molecular weight is 426 g/mol. The first-order valence-corrected chi connectivity index (χ1v) is 11.4. The highest BCUT2D eigenvalue weighted by atomic mass is 16.5. The molecular weight excluding hydrogens is 398 g/mol. The zero-order valence-corrected chi connectivity index (χ0v) is 18.3. The molecule has 162 valence electrons. The number of benzene rings is 3. The van der Waals surface area contributed by atoms with Gasteiger partial charge in [-0.3, -0.25) is 0 Å². The second-order valence-corrected chi connectivity index (χ2v) is 8.94. The van der Waals surface area contributed by atoms with Gasteiger partial charge in [-0.2, -0.15) is 5.10 Å². The molecule has 0 N–H and O–H groups in total. The van der Waals surface area contributed by atoms with E-state index in [1.165, 1.54) is 5.56 Å². The minimum atomic E-state index is -0.357. The molecule has 0 radical (unpaired) electrons. The topological polar surface area (TPSA) is 37.3 Å². The normalized spacial score (nSPS) is 21.5. The number of fused-ring (bicyclic) bond motifs is 4. The third-order valence-corrected chi connectivity index (χ3v) is 6.84. The lowest BCUT2D eigenvalue weighted by Crippen LogP contribution is -2.58. The Balaban J connectivity index is 1.30. The van der Waals surface area contributed by atoms with Gasteiger partial charge >= 0.3 is 0 Å². The molecule has 0 unspecified atom stereocenters. The Morgan fingerprint density at radius 1 is 0.875 bits per heavy atom. The predicted molar refractivity (Wildman–Crippen MR) is 125 cm³/mol. The molecule has 6 rings (SSSR count). The summed E-state index contributed by atoms with van der Waals surface area (Å²) >= 11 is 0. The molecule has 5 heteroatoms. The van der Waals surface area contributed by atoms with Gasteiger partial charge in [0.05, 0.1) is 11.8 Å². The summed E-state index contributed by atoms with van der Waals surface area (Å²) in [6, 6.07) is 26.8. The van der Waals surface area contributed by atoms with Crippen LogP contribution in [0.4, 0.5) is 0 Å². The molecule has 5 nitrogen and oxygen atoms in total. The van der Waals surface area contributed by atoms with Crippen LogP contribution < -0.4 is 9.47 Å². The van der Waals surface area contributed by atoms with E-state index in [2.05, 4.69) is 53.4 Å². The smallest absolute Gasteiger partial charge is 0.200 e. The van der Waals surface area contributed by atoms with Crippen molar-refractivity contribution in [3.63, 3.8) is 0 Å². The van der Waals surface area contributed by atoms with Crippen molar-refractivity contribution in [2.75, 3.05) is 20.1 Å². The second kappa shape index (κ2) is 7.68. The number of rotatable bonds is 3. The predicted octanol–water partition coefficient (Wildman–Crippen LogP) is 5.44. The summed E-state index contributed by atoms with van der Waals surface area (Å²) in [6.45, 7) is 2.03. The van der Waals surface area contributed by atoms with Gasteiger partial charge in [-0.05, 0) is 55.1 Å². The summed E-state index contributed by atoms with van der Waals surface area (Å²) in [6.07, 6.45) is 2.79. The van der Waals surface area contributed by atoms with Crippen LogP contribution in [0.15, 0.2) is 84.0 Å². The molecular formula is C27H27N3O2. The molecule has 0 bridgehead atoms. The van der Waals surface area contributed by atoms with Crippen molar-refractivity contribution < 1.29 is 9.47 Å². The minimum Gasteiger partial charge on any atom is -0.466 e. The molecule has 0 aromatic heterocycles. The number of hydrazone groups is 1. The van der Waals surface area contributed by atoms with E-state index in [1.807, 2.05) is 42.5 Å². The fraction of sp³-hybridized carbons (Fsp3) is 0.296. The number of likely N-dealkylation sites (tertiary alicyclic amines) is 1. The standard InChI is InChI=1S/C27H27N3O2/c1-29-17-15-27(16-18-29)30-25(23-9-5-6-10-26(23)32-27)19-24(28-30)20-11-13-22(14-12-20)31-21-7-3-2-4-8-21/h2-14,25H,15-19H2,1H3/t25-/m0/s1. The Labute approximate surface area is 188 Å². The number of piperidine rings is 1. The summed E-state index contributed by atoms with van der Waals surface area (Å²) in [5.41, 5.74) is 3.13. The van der Waals surface area contributed by atoms with E-state index in [1.54, 1.807) is 0 Å². The van der Waals surface area contributed by atoms with E-state index in [-0.39, 0.29) is 11.8 Å². The van der Waals surface area contributed by atoms with E-state index in [0.29, 0.717) is 0 Å². The van der Waals surface area contributed by atoms with Gasteiger partial charge in [0, 0.05) is 37.9 Å². The van der Waals surface area contributed by atoms with Crippen molar-refractivity contribution in [2.45, 2.75) is 31.0 Å². The SMILES string of the molecule is CN1CCC2(CC1)Oc1ccccc1[C@@H]1CC(c3ccc(Oc4ccccc4)cc3)=NN12. The summed E-state index contributed by atoms with van der Waals surface area (Å²) in [4.78, 5) is 2.37. The van der Waals surface area contributed by atoms with Gasteiger partial charge in [0.1, 0.15) is 17.2 Å². The first kappa shape index (κ1) is 19.4. The van der Waals surface area contributed by atoms with Gasteiger partial charge in [0.25, 0.3) is 0 Å². The number of para-hydroxylation sites is 2. The van der Waals surface area contributed by atoms with Crippen LogP contribution in [0.1, 0.15) is 36.4 Å². The number of nitrogens with zero attached hydrogens (tertiary/aromatic N) is 3. The number of ether oxygens (including phenoxy) is 2. The molecule has 1 atom stereocenters. The molecule has 3 aliphatic heterocycles. The van der Waals surface area contributed by atoms with Gasteiger partial charge in [0.2, 0.25) is 5.72 Å². The summed E-state index contributed by atoms with van der Waals surface area (Å²) < 4.78 is 12.6.